The number of hydrogen-bond donors (Lipinski definition) is 2. The first-order chi connectivity index (χ1) is 10.1. The van der Waals surface area contributed by atoms with Crippen molar-refractivity contribution in [2.24, 2.45) is 5.84 Å². The number of nitrogens with one attached hydrogen (secondary N) is 1. The molecular weight excluding hydrogens is 264 g/mol. The van der Waals surface area contributed by atoms with Gasteiger partial charge in [-0.3, -0.25) is 5.84 Å². The van der Waals surface area contributed by atoms with Gasteiger partial charge in [0.05, 0.1) is 12.6 Å². The molecule has 1 atom stereocenters. The van der Waals surface area contributed by atoms with Crippen LogP contribution in [0.2, 0.25) is 0 Å². The number of rotatable bonds is 3. The van der Waals surface area contributed by atoms with Crippen LogP contribution in [-0.4, -0.2) is 6.61 Å². The van der Waals surface area contributed by atoms with Crippen molar-refractivity contribution in [2.45, 2.75) is 39.7 Å². The van der Waals surface area contributed by atoms with Crippen LogP contribution in [0.5, 0.6) is 5.75 Å². The number of furan rings is 1. The van der Waals surface area contributed by atoms with Gasteiger partial charge in [0.2, 0.25) is 0 Å². The number of fused-ring (bicyclic) bond motifs is 1. The summed E-state index contributed by atoms with van der Waals surface area (Å²) in [4.78, 5) is 0. The van der Waals surface area contributed by atoms with E-state index in [1.165, 1.54) is 5.56 Å². The summed E-state index contributed by atoms with van der Waals surface area (Å²) in [6, 6.07) is 6.17. The zero-order chi connectivity index (χ0) is 15.0. The summed E-state index contributed by atoms with van der Waals surface area (Å²) in [7, 11) is 0. The number of benzene rings is 1. The fraction of sp³-hybridized carbons (Fsp3) is 0.412. The van der Waals surface area contributed by atoms with E-state index in [0.717, 1.165) is 53.4 Å². The second-order valence-corrected chi connectivity index (χ2v) is 5.64. The molecule has 0 aliphatic carbocycles. The van der Waals surface area contributed by atoms with Crippen molar-refractivity contribution in [3.05, 3.63) is 52.0 Å². The average molecular weight is 286 g/mol. The molecule has 2 aromatic rings. The molecule has 1 unspecified atom stereocenters. The van der Waals surface area contributed by atoms with E-state index in [9.17, 15) is 0 Å². The first kappa shape index (κ1) is 14.2. The molecule has 112 valence electrons. The van der Waals surface area contributed by atoms with Gasteiger partial charge in [-0.05, 0) is 44.7 Å². The van der Waals surface area contributed by atoms with E-state index in [1.807, 2.05) is 13.8 Å². The quantitative estimate of drug-likeness (QED) is 0.672. The van der Waals surface area contributed by atoms with Gasteiger partial charge in [0, 0.05) is 11.1 Å². The summed E-state index contributed by atoms with van der Waals surface area (Å²) in [6.07, 6.45) is 2.13. The van der Waals surface area contributed by atoms with Crippen LogP contribution in [-0.2, 0) is 6.42 Å². The Morgan fingerprint density at radius 3 is 2.67 bits per heavy atom. The number of nitrogens with two attached hydrogens (primary N) is 1. The van der Waals surface area contributed by atoms with Crippen LogP contribution in [0.4, 0.5) is 0 Å². The molecule has 3 N–H and O–H groups in total. The van der Waals surface area contributed by atoms with Gasteiger partial charge >= 0.3 is 0 Å². The number of hydrazine groups is 1. The lowest BCUT2D eigenvalue weighted by Crippen LogP contribution is -2.30. The van der Waals surface area contributed by atoms with Crippen molar-refractivity contribution in [2.75, 3.05) is 6.61 Å². The van der Waals surface area contributed by atoms with Gasteiger partial charge in [0.25, 0.3) is 0 Å². The highest BCUT2D eigenvalue weighted by Crippen LogP contribution is 2.38. The zero-order valence-electron chi connectivity index (χ0n) is 12.8. The van der Waals surface area contributed by atoms with Crippen molar-refractivity contribution in [3.8, 4) is 5.75 Å². The van der Waals surface area contributed by atoms with E-state index < -0.39 is 0 Å². The first-order valence-corrected chi connectivity index (χ1v) is 7.40. The molecular formula is C17H22N2O2. The van der Waals surface area contributed by atoms with E-state index >= 15 is 0 Å². The summed E-state index contributed by atoms with van der Waals surface area (Å²) in [5, 5.41) is 0. The van der Waals surface area contributed by atoms with E-state index in [2.05, 4.69) is 30.5 Å². The van der Waals surface area contributed by atoms with Crippen LogP contribution in [0.1, 0.15) is 46.2 Å². The maximum Gasteiger partial charge on any atom is 0.127 e. The molecule has 1 aliphatic rings. The van der Waals surface area contributed by atoms with Gasteiger partial charge < -0.3 is 9.15 Å². The lowest BCUT2D eigenvalue weighted by molar-refractivity contribution is 0.283. The fourth-order valence-corrected chi connectivity index (χ4v) is 3.21. The molecule has 0 radical (unpaired) electrons. The smallest absolute Gasteiger partial charge is 0.127 e. The van der Waals surface area contributed by atoms with Crippen LogP contribution >= 0.6 is 0 Å². The molecule has 1 aliphatic heterocycles. The van der Waals surface area contributed by atoms with Crippen molar-refractivity contribution in [3.63, 3.8) is 0 Å². The molecule has 2 heterocycles. The predicted molar refractivity (Wildman–Crippen MR) is 82.3 cm³/mol. The van der Waals surface area contributed by atoms with E-state index in [4.69, 9.17) is 15.0 Å². The zero-order valence-corrected chi connectivity index (χ0v) is 12.8. The number of ether oxygens (including phenoxy) is 1. The van der Waals surface area contributed by atoms with E-state index in [-0.39, 0.29) is 6.04 Å². The van der Waals surface area contributed by atoms with Crippen LogP contribution in [0.3, 0.4) is 0 Å². The Labute approximate surface area is 125 Å². The monoisotopic (exact) mass is 286 g/mol. The fourth-order valence-electron chi connectivity index (χ4n) is 3.21. The Morgan fingerprint density at radius 1 is 1.19 bits per heavy atom. The molecule has 3 rings (SSSR count). The van der Waals surface area contributed by atoms with Crippen LogP contribution in [0.25, 0.3) is 0 Å². The molecule has 4 nitrogen and oxygen atoms in total. The Kier molecular flexibility index (Phi) is 3.74. The standard InChI is InChI=1S/C17H22N2O2/c1-10-11(2)21-12(3)15(10)16(19-18)14-8-4-6-13-7-5-9-20-17(13)14/h4,6,8,16,19H,5,7,9,18H2,1-3H3. The Bertz CT molecular complexity index is 661. The Morgan fingerprint density at radius 2 is 2.00 bits per heavy atom. The molecule has 0 amide bonds. The van der Waals surface area contributed by atoms with Crippen LogP contribution in [0.15, 0.2) is 22.6 Å². The summed E-state index contributed by atoms with van der Waals surface area (Å²) < 4.78 is 11.7. The highest BCUT2D eigenvalue weighted by molar-refractivity contribution is 5.50. The van der Waals surface area contributed by atoms with E-state index in [1.54, 1.807) is 0 Å². The third-order valence-electron chi connectivity index (χ3n) is 4.35. The number of para-hydroxylation sites is 1. The van der Waals surface area contributed by atoms with Crippen molar-refractivity contribution >= 4 is 0 Å². The normalized spacial score (nSPS) is 15.4. The predicted octanol–water partition coefficient (Wildman–Crippen LogP) is 3.08. The van der Waals surface area contributed by atoms with Crippen LogP contribution in [0, 0.1) is 20.8 Å². The largest absolute Gasteiger partial charge is 0.493 e. The maximum atomic E-state index is 5.92. The molecule has 1 aromatic heterocycles. The molecule has 1 aromatic carbocycles. The van der Waals surface area contributed by atoms with Crippen molar-refractivity contribution in [1.29, 1.82) is 0 Å². The molecule has 0 saturated heterocycles. The molecule has 0 bridgehead atoms. The lowest BCUT2D eigenvalue weighted by atomic mass is 9.92. The minimum Gasteiger partial charge on any atom is -0.493 e. The second kappa shape index (κ2) is 5.54. The molecule has 0 saturated carbocycles. The number of hydrogen-bond acceptors (Lipinski definition) is 4. The van der Waals surface area contributed by atoms with Gasteiger partial charge in [-0.1, -0.05) is 18.2 Å². The Balaban J connectivity index is 2.13. The van der Waals surface area contributed by atoms with Gasteiger partial charge in [0.1, 0.15) is 17.3 Å². The van der Waals surface area contributed by atoms with Gasteiger partial charge in [-0.25, -0.2) is 5.43 Å². The van der Waals surface area contributed by atoms with Crippen molar-refractivity contribution < 1.29 is 9.15 Å². The third kappa shape index (κ3) is 2.34. The minimum atomic E-state index is -0.115. The summed E-state index contributed by atoms with van der Waals surface area (Å²) in [5.74, 6) is 8.69. The Hall–Kier alpha value is -1.78. The summed E-state index contributed by atoms with van der Waals surface area (Å²) >= 11 is 0. The molecule has 0 fully saturated rings. The molecule has 4 heteroatoms. The van der Waals surface area contributed by atoms with E-state index in [0.29, 0.717) is 0 Å². The molecule has 21 heavy (non-hydrogen) atoms. The second-order valence-electron chi connectivity index (χ2n) is 5.64. The average Bonchev–Trinajstić information content (AvgIpc) is 2.75. The SMILES string of the molecule is Cc1oc(C)c(C(NN)c2cccc3c2OCCC3)c1C. The summed E-state index contributed by atoms with van der Waals surface area (Å²) in [5.41, 5.74) is 7.53. The topological polar surface area (TPSA) is 60.4 Å². The van der Waals surface area contributed by atoms with Crippen molar-refractivity contribution in [1.82, 2.24) is 5.43 Å². The lowest BCUT2D eigenvalue weighted by Gasteiger charge is -2.25. The highest BCUT2D eigenvalue weighted by Gasteiger charge is 2.26. The van der Waals surface area contributed by atoms with Gasteiger partial charge in [-0.2, -0.15) is 0 Å². The number of aryl methyl sites for hydroxylation is 3. The first-order valence-electron chi connectivity index (χ1n) is 7.40. The van der Waals surface area contributed by atoms with Gasteiger partial charge in [-0.15, -0.1) is 0 Å². The van der Waals surface area contributed by atoms with Gasteiger partial charge in [0.15, 0.2) is 0 Å². The highest BCUT2D eigenvalue weighted by atomic mass is 16.5. The third-order valence-corrected chi connectivity index (χ3v) is 4.35. The van der Waals surface area contributed by atoms with Crippen LogP contribution < -0.4 is 16.0 Å². The maximum absolute atomic E-state index is 5.92. The summed E-state index contributed by atoms with van der Waals surface area (Å²) in [6.45, 7) is 6.80. The minimum absolute atomic E-state index is 0.115. The molecule has 0 spiro atoms.